The molecule has 0 spiro atoms. The molecule has 0 aliphatic carbocycles. The monoisotopic (exact) mass is 194 g/mol. The van der Waals surface area contributed by atoms with Crippen LogP contribution in [-0.4, -0.2) is 24.7 Å². The summed E-state index contributed by atoms with van der Waals surface area (Å²) in [5.41, 5.74) is 0. The molecule has 0 saturated carbocycles. The third kappa shape index (κ3) is 4.07. The first kappa shape index (κ1) is 10.2. The third-order valence-corrected chi connectivity index (χ3v) is 1.71. The molecule has 0 amide bonds. The SMILES string of the molecule is O=C/C=C/[C@H]1O[C@@H]1CCC(F)(F)F. The molecular weight excluding hydrogens is 185 g/mol. The minimum Gasteiger partial charge on any atom is -0.365 e. The molecule has 0 aromatic rings. The minimum absolute atomic E-state index is 0.0304. The molecule has 2 atom stereocenters. The van der Waals surface area contributed by atoms with Gasteiger partial charge in [-0.05, 0) is 12.5 Å². The molecule has 5 heteroatoms. The predicted octanol–water partition coefficient (Wildman–Crippen LogP) is 1.85. The fourth-order valence-electron chi connectivity index (χ4n) is 1.02. The zero-order chi connectivity index (χ0) is 9.90. The van der Waals surface area contributed by atoms with E-state index < -0.39 is 12.6 Å². The van der Waals surface area contributed by atoms with E-state index in [9.17, 15) is 18.0 Å². The molecule has 1 heterocycles. The fourth-order valence-corrected chi connectivity index (χ4v) is 1.02. The highest BCUT2D eigenvalue weighted by atomic mass is 19.4. The normalized spacial score (nSPS) is 27.9. The van der Waals surface area contributed by atoms with Crippen LogP contribution in [0.1, 0.15) is 12.8 Å². The van der Waals surface area contributed by atoms with Crippen LogP contribution < -0.4 is 0 Å². The van der Waals surface area contributed by atoms with Crippen LogP contribution in [0.5, 0.6) is 0 Å². The van der Waals surface area contributed by atoms with Gasteiger partial charge in [-0.25, -0.2) is 0 Å². The van der Waals surface area contributed by atoms with E-state index in [1.807, 2.05) is 0 Å². The maximum absolute atomic E-state index is 11.7. The molecule has 0 N–H and O–H groups in total. The number of epoxide rings is 1. The molecule has 1 rings (SSSR count). The van der Waals surface area contributed by atoms with E-state index in [1.165, 1.54) is 12.2 Å². The van der Waals surface area contributed by atoms with E-state index in [4.69, 9.17) is 4.74 Å². The molecule has 0 bridgehead atoms. The van der Waals surface area contributed by atoms with Crippen molar-refractivity contribution in [3.8, 4) is 0 Å². The van der Waals surface area contributed by atoms with Crippen LogP contribution in [0.3, 0.4) is 0 Å². The van der Waals surface area contributed by atoms with Gasteiger partial charge >= 0.3 is 6.18 Å². The Morgan fingerprint density at radius 2 is 2.08 bits per heavy atom. The van der Waals surface area contributed by atoms with Gasteiger partial charge in [0.15, 0.2) is 0 Å². The van der Waals surface area contributed by atoms with E-state index >= 15 is 0 Å². The highest BCUT2D eigenvalue weighted by Crippen LogP contribution is 2.32. The van der Waals surface area contributed by atoms with Crippen molar-refractivity contribution in [3.05, 3.63) is 12.2 Å². The summed E-state index contributed by atoms with van der Waals surface area (Å²) >= 11 is 0. The number of hydrogen-bond donors (Lipinski definition) is 0. The summed E-state index contributed by atoms with van der Waals surface area (Å²) in [5.74, 6) is 0. The van der Waals surface area contributed by atoms with Crippen molar-refractivity contribution < 1.29 is 22.7 Å². The van der Waals surface area contributed by atoms with Gasteiger partial charge in [-0.3, -0.25) is 4.79 Å². The first-order valence-electron chi connectivity index (χ1n) is 3.87. The number of hydrogen-bond acceptors (Lipinski definition) is 2. The van der Waals surface area contributed by atoms with E-state index in [0.29, 0.717) is 6.29 Å². The van der Waals surface area contributed by atoms with Crippen LogP contribution in [0.25, 0.3) is 0 Å². The van der Waals surface area contributed by atoms with Crippen LogP contribution in [0.15, 0.2) is 12.2 Å². The molecule has 0 aromatic heterocycles. The second-order valence-electron chi connectivity index (χ2n) is 2.81. The summed E-state index contributed by atoms with van der Waals surface area (Å²) in [6, 6.07) is 0. The van der Waals surface area contributed by atoms with Crippen LogP contribution in [0, 0.1) is 0 Å². The largest absolute Gasteiger partial charge is 0.389 e. The van der Waals surface area contributed by atoms with Gasteiger partial charge in [-0.1, -0.05) is 6.08 Å². The van der Waals surface area contributed by atoms with Crippen LogP contribution in [-0.2, 0) is 9.53 Å². The number of carbonyl (C=O) groups is 1. The number of allylic oxidation sites excluding steroid dienone is 1. The lowest BCUT2D eigenvalue weighted by molar-refractivity contribution is -0.136. The number of ether oxygens (including phenoxy) is 1. The van der Waals surface area contributed by atoms with Crippen LogP contribution in [0.2, 0.25) is 0 Å². The molecular formula is C8H9F3O2. The lowest BCUT2D eigenvalue weighted by Crippen LogP contribution is -2.08. The number of rotatable bonds is 4. The number of halogens is 3. The lowest BCUT2D eigenvalue weighted by Gasteiger charge is -2.02. The smallest absolute Gasteiger partial charge is 0.365 e. The summed E-state index contributed by atoms with van der Waals surface area (Å²) in [6.07, 6.45) is -2.37. The van der Waals surface area contributed by atoms with E-state index in [1.54, 1.807) is 0 Å². The van der Waals surface area contributed by atoms with Crippen molar-refractivity contribution in [1.29, 1.82) is 0 Å². The second kappa shape index (κ2) is 3.91. The van der Waals surface area contributed by atoms with Gasteiger partial charge in [0.05, 0.1) is 6.10 Å². The topological polar surface area (TPSA) is 29.6 Å². The van der Waals surface area contributed by atoms with Crippen molar-refractivity contribution >= 4 is 6.29 Å². The Hall–Kier alpha value is -0.840. The zero-order valence-corrected chi connectivity index (χ0v) is 6.75. The quantitative estimate of drug-likeness (QED) is 0.388. The summed E-state index contributed by atoms with van der Waals surface area (Å²) in [7, 11) is 0. The molecule has 1 aliphatic heterocycles. The summed E-state index contributed by atoms with van der Waals surface area (Å²) < 4.78 is 39.9. The second-order valence-corrected chi connectivity index (χ2v) is 2.81. The summed E-state index contributed by atoms with van der Waals surface area (Å²) in [4.78, 5) is 9.84. The Morgan fingerprint density at radius 1 is 1.38 bits per heavy atom. The first-order chi connectivity index (χ1) is 6.03. The Balaban J connectivity index is 2.14. The standard InChI is InChI=1S/C8H9F3O2/c9-8(10,11)4-3-7-6(13-7)2-1-5-12/h1-2,5-7H,3-4H2/b2-1+/t6-,7-/m1/s1. The average molecular weight is 194 g/mol. The maximum atomic E-state index is 11.7. The van der Waals surface area contributed by atoms with Crippen molar-refractivity contribution in [1.82, 2.24) is 0 Å². The number of carbonyl (C=O) groups excluding carboxylic acids is 1. The molecule has 0 radical (unpaired) electrons. The highest BCUT2D eigenvalue weighted by Gasteiger charge is 2.39. The van der Waals surface area contributed by atoms with Gasteiger partial charge in [-0.15, -0.1) is 0 Å². The molecule has 1 aliphatic rings. The maximum Gasteiger partial charge on any atom is 0.389 e. The van der Waals surface area contributed by atoms with Gasteiger partial charge in [0.25, 0.3) is 0 Å². The van der Waals surface area contributed by atoms with Gasteiger partial charge in [0, 0.05) is 6.42 Å². The molecule has 2 nitrogen and oxygen atoms in total. The third-order valence-electron chi connectivity index (χ3n) is 1.71. The Bertz CT molecular complexity index is 210. The predicted molar refractivity (Wildman–Crippen MR) is 39.2 cm³/mol. The minimum atomic E-state index is -4.12. The fraction of sp³-hybridized carbons (Fsp3) is 0.625. The number of alkyl halides is 3. The van der Waals surface area contributed by atoms with E-state index in [0.717, 1.165) is 0 Å². The van der Waals surface area contributed by atoms with Gasteiger partial charge in [0.1, 0.15) is 12.4 Å². The molecule has 1 fully saturated rings. The van der Waals surface area contributed by atoms with Crippen LogP contribution in [0.4, 0.5) is 13.2 Å². The highest BCUT2D eigenvalue weighted by molar-refractivity contribution is 5.64. The molecule has 0 unspecified atom stereocenters. The molecule has 0 aromatic carbocycles. The summed E-state index contributed by atoms with van der Waals surface area (Å²) in [6.45, 7) is 0. The Kier molecular flexibility index (Phi) is 3.08. The number of aldehydes is 1. The lowest BCUT2D eigenvalue weighted by atomic mass is 10.2. The van der Waals surface area contributed by atoms with Gasteiger partial charge in [0.2, 0.25) is 0 Å². The van der Waals surface area contributed by atoms with Gasteiger partial charge in [-0.2, -0.15) is 13.2 Å². The van der Waals surface area contributed by atoms with Crippen molar-refractivity contribution in [2.75, 3.05) is 0 Å². The van der Waals surface area contributed by atoms with Crippen LogP contribution >= 0.6 is 0 Å². The molecule has 74 valence electrons. The van der Waals surface area contributed by atoms with Crippen molar-refractivity contribution in [2.24, 2.45) is 0 Å². The average Bonchev–Trinajstić information content (AvgIpc) is 2.75. The Morgan fingerprint density at radius 3 is 2.62 bits per heavy atom. The summed E-state index contributed by atoms with van der Waals surface area (Å²) in [5, 5.41) is 0. The van der Waals surface area contributed by atoms with Crippen molar-refractivity contribution in [3.63, 3.8) is 0 Å². The van der Waals surface area contributed by atoms with E-state index in [-0.39, 0.29) is 18.6 Å². The Labute approximate surface area is 73.4 Å². The van der Waals surface area contributed by atoms with Gasteiger partial charge < -0.3 is 4.74 Å². The zero-order valence-electron chi connectivity index (χ0n) is 6.75. The molecule has 1 saturated heterocycles. The molecule has 13 heavy (non-hydrogen) atoms. The first-order valence-corrected chi connectivity index (χ1v) is 3.87. The van der Waals surface area contributed by atoms with Crippen molar-refractivity contribution in [2.45, 2.75) is 31.2 Å². The van der Waals surface area contributed by atoms with E-state index in [2.05, 4.69) is 0 Å².